The minimum absolute atomic E-state index is 0.111. The van der Waals surface area contributed by atoms with Crippen molar-refractivity contribution < 1.29 is 17.9 Å². The Hall–Kier alpha value is -3.14. The molecule has 2 aliphatic rings. The average molecular weight is 536 g/mol. The van der Waals surface area contributed by atoms with E-state index in [-0.39, 0.29) is 19.2 Å². The molecule has 2 fully saturated rings. The first-order valence-corrected chi connectivity index (χ1v) is 12.7. The van der Waals surface area contributed by atoms with Crippen molar-refractivity contribution in [2.45, 2.75) is 32.2 Å². The van der Waals surface area contributed by atoms with Gasteiger partial charge in [0, 0.05) is 64.6 Å². The van der Waals surface area contributed by atoms with Crippen LogP contribution in [0.1, 0.15) is 12.6 Å². The lowest BCUT2D eigenvalue weighted by Gasteiger charge is -2.32. The van der Waals surface area contributed by atoms with E-state index in [0.717, 1.165) is 51.5 Å². The largest absolute Gasteiger partial charge is 0.411 e. The fourth-order valence-corrected chi connectivity index (χ4v) is 4.65. The van der Waals surface area contributed by atoms with E-state index in [1.165, 1.54) is 6.33 Å². The van der Waals surface area contributed by atoms with Gasteiger partial charge in [0.25, 0.3) is 0 Å². The minimum atomic E-state index is -4.39. The number of hydrogen-bond donors (Lipinski definition) is 3. The summed E-state index contributed by atoms with van der Waals surface area (Å²) in [5.41, 5.74) is 2.00. The zero-order valence-corrected chi connectivity index (χ0v) is 21.2. The summed E-state index contributed by atoms with van der Waals surface area (Å²) in [5.74, 6) is 1.57. The number of anilines is 3. The maximum atomic E-state index is 12.6. The van der Waals surface area contributed by atoms with E-state index < -0.39 is 12.8 Å². The van der Waals surface area contributed by atoms with Gasteiger partial charge in [-0.15, -0.1) is 0 Å². The van der Waals surface area contributed by atoms with Gasteiger partial charge in [-0.3, -0.25) is 9.58 Å². The topological polar surface area (TPSA) is 121 Å². The molecular formula is C23H32F3N11O. The lowest BCUT2D eigenvalue weighted by molar-refractivity contribution is -0.174. The predicted molar refractivity (Wildman–Crippen MR) is 135 cm³/mol. The van der Waals surface area contributed by atoms with Gasteiger partial charge in [-0.2, -0.15) is 23.3 Å². The van der Waals surface area contributed by atoms with Gasteiger partial charge in [0.05, 0.1) is 13.2 Å². The number of piperazine rings is 2. The van der Waals surface area contributed by atoms with Crippen LogP contribution in [-0.2, 0) is 17.8 Å². The van der Waals surface area contributed by atoms with E-state index in [1.54, 1.807) is 16.9 Å². The molecule has 0 bridgehead atoms. The highest BCUT2D eigenvalue weighted by molar-refractivity contribution is 5.90. The van der Waals surface area contributed by atoms with Crippen LogP contribution in [0.4, 0.5) is 30.8 Å². The van der Waals surface area contributed by atoms with E-state index in [9.17, 15) is 13.2 Å². The van der Waals surface area contributed by atoms with Crippen LogP contribution in [-0.4, -0.2) is 106 Å². The molecule has 0 radical (unpaired) electrons. The highest BCUT2D eigenvalue weighted by Crippen LogP contribution is 2.29. The summed E-state index contributed by atoms with van der Waals surface area (Å²) >= 11 is 0. The minimum Gasteiger partial charge on any atom is -0.370 e. The fourth-order valence-electron chi connectivity index (χ4n) is 4.65. The third-order valence-electron chi connectivity index (χ3n) is 6.42. The van der Waals surface area contributed by atoms with E-state index >= 15 is 0 Å². The molecular weight excluding hydrogens is 503 g/mol. The lowest BCUT2D eigenvalue weighted by Crippen LogP contribution is -2.49. The van der Waals surface area contributed by atoms with Crippen molar-refractivity contribution in [3.8, 4) is 0 Å². The summed E-state index contributed by atoms with van der Waals surface area (Å²) in [7, 11) is 0. The van der Waals surface area contributed by atoms with E-state index in [4.69, 9.17) is 19.8 Å². The molecule has 0 aliphatic carbocycles. The molecule has 3 N–H and O–H groups in total. The molecule has 5 heterocycles. The summed E-state index contributed by atoms with van der Waals surface area (Å²) in [6, 6.07) is 1.99. The number of alkyl halides is 3. The second-order valence-corrected chi connectivity index (χ2v) is 9.45. The number of aromatic nitrogens is 6. The molecule has 15 heteroatoms. The second kappa shape index (κ2) is 11.7. The van der Waals surface area contributed by atoms with Crippen molar-refractivity contribution in [2.24, 2.45) is 0 Å². The van der Waals surface area contributed by atoms with Crippen molar-refractivity contribution in [3.63, 3.8) is 0 Å². The first-order valence-electron chi connectivity index (χ1n) is 12.7. The molecule has 38 heavy (non-hydrogen) atoms. The summed E-state index contributed by atoms with van der Waals surface area (Å²) < 4.78 is 44.5. The molecule has 0 unspecified atom stereocenters. The van der Waals surface area contributed by atoms with Crippen molar-refractivity contribution in [1.29, 1.82) is 0 Å². The number of nitrogens with one attached hydrogen (secondary N) is 3. The summed E-state index contributed by atoms with van der Waals surface area (Å²) in [4.78, 5) is 22.5. The Morgan fingerprint density at radius 2 is 2.00 bits per heavy atom. The Morgan fingerprint density at radius 1 is 1.16 bits per heavy atom. The maximum absolute atomic E-state index is 12.6. The molecule has 0 aromatic carbocycles. The Balaban J connectivity index is 1.54. The van der Waals surface area contributed by atoms with Crippen LogP contribution in [0.5, 0.6) is 0 Å². The zero-order chi connectivity index (χ0) is 26.5. The van der Waals surface area contributed by atoms with Gasteiger partial charge in [0.15, 0.2) is 5.82 Å². The first kappa shape index (κ1) is 26.5. The highest BCUT2D eigenvalue weighted by Gasteiger charge is 2.28. The summed E-state index contributed by atoms with van der Waals surface area (Å²) in [5, 5.41) is 14.8. The molecule has 0 spiro atoms. The van der Waals surface area contributed by atoms with Crippen LogP contribution in [0.3, 0.4) is 0 Å². The molecule has 2 aliphatic heterocycles. The SMILES string of the molecule is C[C@H]1CN(c2nc(Nc3ccncn3)c3c(n2)c(CN2CCNCC2)nn3CCOCC(F)(F)F)CCN1. The number of hydrogen-bond acceptors (Lipinski definition) is 11. The van der Waals surface area contributed by atoms with Crippen LogP contribution in [0, 0.1) is 0 Å². The molecule has 3 aromatic heterocycles. The number of ether oxygens (including phenoxy) is 1. The highest BCUT2D eigenvalue weighted by atomic mass is 19.4. The number of nitrogens with zero attached hydrogens (tertiary/aromatic N) is 8. The molecule has 5 rings (SSSR count). The second-order valence-electron chi connectivity index (χ2n) is 9.45. The number of halogens is 3. The smallest absolute Gasteiger partial charge is 0.370 e. The summed E-state index contributed by atoms with van der Waals surface area (Å²) in [6.07, 6.45) is -1.35. The molecule has 1 atom stereocenters. The van der Waals surface area contributed by atoms with Gasteiger partial charge >= 0.3 is 6.18 Å². The molecule has 0 saturated carbocycles. The maximum Gasteiger partial charge on any atom is 0.411 e. The molecule has 206 valence electrons. The zero-order valence-electron chi connectivity index (χ0n) is 21.2. The number of fused-ring (bicyclic) bond motifs is 1. The molecule has 3 aromatic rings. The van der Waals surface area contributed by atoms with Crippen molar-refractivity contribution >= 4 is 28.6 Å². The van der Waals surface area contributed by atoms with Gasteiger partial charge in [0.2, 0.25) is 5.95 Å². The third kappa shape index (κ3) is 6.64. The summed E-state index contributed by atoms with van der Waals surface area (Å²) in [6.45, 7) is 7.09. The van der Waals surface area contributed by atoms with E-state index in [0.29, 0.717) is 35.2 Å². The lowest BCUT2D eigenvalue weighted by atomic mass is 10.2. The monoisotopic (exact) mass is 535 g/mol. The standard InChI is InChI=1S/C23H32F3N11O/c1-16-12-36(9-6-29-16)22-32-19-17(13-35-7-4-27-5-8-35)34-37(10-11-38-14-23(24,25)26)20(19)21(33-22)31-18-2-3-28-15-30-18/h2-3,15-16,27,29H,4-14H2,1H3,(H,28,30,31,32,33)/t16-/m0/s1. The average Bonchev–Trinajstić information content (AvgIpc) is 3.24. The number of rotatable bonds is 9. The quantitative estimate of drug-likeness (QED) is 0.342. The normalized spacial score (nSPS) is 19.3. The van der Waals surface area contributed by atoms with Crippen LogP contribution < -0.4 is 20.9 Å². The fraction of sp³-hybridized carbons (Fsp3) is 0.609. The van der Waals surface area contributed by atoms with Crippen molar-refractivity contribution in [1.82, 2.24) is 45.2 Å². The Bertz CT molecular complexity index is 1200. The van der Waals surface area contributed by atoms with E-state index in [2.05, 4.69) is 42.6 Å². The Kier molecular flexibility index (Phi) is 8.16. The van der Waals surface area contributed by atoms with Crippen LogP contribution in [0.2, 0.25) is 0 Å². The van der Waals surface area contributed by atoms with Gasteiger partial charge in [-0.1, -0.05) is 0 Å². The third-order valence-corrected chi connectivity index (χ3v) is 6.42. The van der Waals surface area contributed by atoms with Gasteiger partial charge in [-0.05, 0) is 13.0 Å². The van der Waals surface area contributed by atoms with Crippen molar-refractivity contribution in [2.75, 3.05) is 69.2 Å². The Labute approximate surface area is 218 Å². The van der Waals surface area contributed by atoms with E-state index in [1.807, 2.05) is 0 Å². The predicted octanol–water partition coefficient (Wildman–Crippen LogP) is 1.14. The molecule has 2 saturated heterocycles. The first-order chi connectivity index (χ1) is 18.4. The molecule has 12 nitrogen and oxygen atoms in total. The van der Waals surface area contributed by atoms with Crippen LogP contribution in [0.15, 0.2) is 18.6 Å². The van der Waals surface area contributed by atoms with Crippen LogP contribution >= 0.6 is 0 Å². The van der Waals surface area contributed by atoms with Crippen LogP contribution in [0.25, 0.3) is 11.0 Å². The van der Waals surface area contributed by atoms with Crippen molar-refractivity contribution in [3.05, 3.63) is 24.3 Å². The molecule has 0 amide bonds. The Morgan fingerprint density at radius 3 is 2.74 bits per heavy atom. The van der Waals surface area contributed by atoms with Gasteiger partial charge in [0.1, 0.15) is 35.5 Å². The van der Waals surface area contributed by atoms with Gasteiger partial charge < -0.3 is 25.6 Å². The van der Waals surface area contributed by atoms with Gasteiger partial charge in [-0.25, -0.2) is 15.0 Å².